The lowest BCUT2D eigenvalue weighted by Crippen LogP contribution is -2.30. The molecule has 2 heterocycles. The van der Waals surface area contributed by atoms with E-state index in [0.29, 0.717) is 33.0 Å². The van der Waals surface area contributed by atoms with Crippen molar-refractivity contribution in [2.24, 2.45) is 0 Å². The number of aryl methyl sites for hydroxylation is 2. The number of hydrogen-bond acceptors (Lipinski definition) is 5. The summed E-state index contributed by atoms with van der Waals surface area (Å²) in [6.45, 7) is 3.82. The first kappa shape index (κ1) is 18.7. The molecule has 0 saturated heterocycles. The molecule has 2 N–H and O–H groups in total. The van der Waals surface area contributed by atoms with Crippen LogP contribution in [0.25, 0.3) is 5.78 Å². The third kappa shape index (κ3) is 3.85. The summed E-state index contributed by atoms with van der Waals surface area (Å²) in [6, 6.07) is 3.07. The van der Waals surface area contributed by atoms with Gasteiger partial charge in [-0.15, -0.1) is 0 Å². The summed E-state index contributed by atoms with van der Waals surface area (Å²) in [5.74, 6) is 0.325. The molecule has 0 aliphatic heterocycles. The maximum atomic E-state index is 12.2. The van der Waals surface area contributed by atoms with Crippen LogP contribution in [0.15, 0.2) is 18.5 Å². The summed E-state index contributed by atoms with van der Waals surface area (Å²) in [6.07, 6.45) is 2.21. The molecule has 3 rings (SSSR count). The summed E-state index contributed by atoms with van der Waals surface area (Å²) >= 11 is 18.0. The summed E-state index contributed by atoms with van der Waals surface area (Å²) in [4.78, 5) is 20.6. The lowest BCUT2D eigenvalue weighted by atomic mass is 10.1. The standard InChI is InChI=1S/C16H15Cl3N6O/c1-8-11(9(2)25-16(22-8)20-7-21-25)3-4-14(26)23-24-15-12(18)5-10(17)6-13(15)19/h5-7,24H,3-4H2,1-2H3,(H,23,26). The van der Waals surface area contributed by atoms with Gasteiger partial charge in [-0.05, 0) is 38.0 Å². The van der Waals surface area contributed by atoms with Gasteiger partial charge in [0, 0.05) is 22.8 Å². The summed E-state index contributed by atoms with van der Waals surface area (Å²) in [7, 11) is 0. The number of carbonyl (C=O) groups excluding carboxylic acids is 1. The number of nitrogens with zero attached hydrogens (tertiary/aromatic N) is 4. The molecule has 1 amide bonds. The van der Waals surface area contributed by atoms with E-state index in [2.05, 4.69) is 25.9 Å². The smallest absolute Gasteiger partial charge is 0.252 e. The lowest BCUT2D eigenvalue weighted by Gasteiger charge is -2.13. The Morgan fingerprint density at radius 3 is 2.58 bits per heavy atom. The molecule has 26 heavy (non-hydrogen) atoms. The number of aromatic nitrogens is 4. The quantitative estimate of drug-likeness (QED) is 0.622. The Morgan fingerprint density at radius 2 is 1.88 bits per heavy atom. The highest BCUT2D eigenvalue weighted by Crippen LogP contribution is 2.33. The van der Waals surface area contributed by atoms with Crippen LogP contribution < -0.4 is 10.9 Å². The first-order chi connectivity index (χ1) is 12.4. The van der Waals surface area contributed by atoms with Gasteiger partial charge in [-0.2, -0.15) is 10.1 Å². The summed E-state index contributed by atoms with van der Waals surface area (Å²) < 4.78 is 1.66. The molecular weight excluding hydrogens is 399 g/mol. The van der Waals surface area contributed by atoms with E-state index in [1.54, 1.807) is 4.52 Å². The van der Waals surface area contributed by atoms with Crippen LogP contribution in [0.1, 0.15) is 23.4 Å². The summed E-state index contributed by atoms with van der Waals surface area (Å²) in [5.41, 5.74) is 8.41. The predicted molar refractivity (Wildman–Crippen MR) is 102 cm³/mol. The van der Waals surface area contributed by atoms with Gasteiger partial charge in [-0.1, -0.05) is 34.8 Å². The Morgan fingerprint density at radius 1 is 1.19 bits per heavy atom. The molecule has 2 aromatic heterocycles. The Hall–Kier alpha value is -2.09. The molecule has 136 valence electrons. The van der Waals surface area contributed by atoms with Crippen molar-refractivity contribution in [3.8, 4) is 0 Å². The fraction of sp³-hybridized carbons (Fsp3) is 0.250. The van der Waals surface area contributed by atoms with Crippen molar-refractivity contribution in [3.63, 3.8) is 0 Å². The van der Waals surface area contributed by atoms with Crippen LogP contribution in [0.4, 0.5) is 5.69 Å². The van der Waals surface area contributed by atoms with Crippen LogP contribution in [0.5, 0.6) is 0 Å². The van der Waals surface area contributed by atoms with E-state index in [1.807, 2.05) is 13.8 Å². The van der Waals surface area contributed by atoms with Crippen molar-refractivity contribution in [1.29, 1.82) is 0 Å². The molecule has 0 radical (unpaired) electrons. The van der Waals surface area contributed by atoms with Crippen LogP contribution in [-0.4, -0.2) is 25.5 Å². The van der Waals surface area contributed by atoms with Gasteiger partial charge >= 0.3 is 0 Å². The van der Waals surface area contributed by atoms with Crippen molar-refractivity contribution in [1.82, 2.24) is 25.0 Å². The second-order valence-corrected chi connectivity index (χ2v) is 6.90. The Bertz CT molecular complexity index is 965. The molecule has 0 spiro atoms. The van der Waals surface area contributed by atoms with Gasteiger partial charge in [0.05, 0.1) is 15.7 Å². The van der Waals surface area contributed by atoms with Gasteiger partial charge in [0.15, 0.2) is 0 Å². The fourth-order valence-electron chi connectivity index (χ4n) is 2.61. The average Bonchev–Trinajstić information content (AvgIpc) is 3.02. The molecule has 0 aliphatic carbocycles. The second kappa shape index (κ2) is 7.65. The number of anilines is 1. The Kier molecular flexibility index (Phi) is 5.50. The highest BCUT2D eigenvalue weighted by molar-refractivity contribution is 6.41. The van der Waals surface area contributed by atoms with Crippen LogP contribution in [0.3, 0.4) is 0 Å². The third-order valence-corrected chi connectivity index (χ3v) is 4.74. The molecule has 0 unspecified atom stereocenters. The minimum absolute atomic E-state index is 0.218. The van der Waals surface area contributed by atoms with Crippen molar-refractivity contribution in [3.05, 3.63) is 50.5 Å². The van der Waals surface area contributed by atoms with Crippen molar-refractivity contribution < 1.29 is 4.79 Å². The first-order valence-electron chi connectivity index (χ1n) is 7.72. The normalized spacial score (nSPS) is 11.0. The van der Waals surface area contributed by atoms with Gasteiger partial charge in [0.1, 0.15) is 6.33 Å². The highest BCUT2D eigenvalue weighted by Gasteiger charge is 2.13. The van der Waals surface area contributed by atoms with E-state index in [-0.39, 0.29) is 12.3 Å². The van der Waals surface area contributed by atoms with Gasteiger partial charge in [0.25, 0.3) is 5.78 Å². The molecule has 0 aliphatic rings. The van der Waals surface area contributed by atoms with Crippen LogP contribution in [-0.2, 0) is 11.2 Å². The van der Waals surface area contributed by atoms with E-state index >= 15 is 0 Å². The van der Waals surface area contributed by atoms with Crippen LogP contribution in [0.2, 0.25) is 15.1 Å². The number of hydrazine groups is 1. The maximum Gasteiger partial charge on any atom is 0.252 e. The maximum absolute atomic E-state index is 12.2. The minimum atomic E-state index is -0.218. The van der Waals surface area contributed by atoms with E-state index in [4.69, 9.17) is 34.8 Å². The van der Waals surface area contributed by atoms with E-state index in [9.17, 15) is 4.79 Å². The zero-order chi connectivity index (χ0) is 18.8. The Labute approximate surface area is 164 Å². The molecule has 1 aromatic carbocycles. The molecule has 0 atom stereocenters. The van der Waals surface area contributed by atoms with Gasteiger partial charge in [-0.25, -0.2) is 9.50 Å². The molecule has 0 saturated carbocycles. The average molecular weight is 414 g/mol. The zero-order valence-electron chi connectivity index (χ0n) is 14.0. The molecule has 3 aromatic rings. The van der Waals surface area contributed by atoms with E-state index in [0.717, 1.165) is 17.0 Å². The number of amides is 1. The van der Waals surface area contributed by atoms with Crippen LogP contribution >= 0.6 is 34.8 Å². The van der Waals surface area contributed by atoms with E-state index in [1.165, 1.54) is 18.5 Å². The molecule has 0 fully saturated rings. The number of fused-ring (bicyclic) bond motifs is 1. The predicted octanol–water partition coefficient (Wildman–Crippen LogP) is 3.78. The van der Waals surface area contributed by atoms with Gasteiger partial charge in [-0.3, -0.25) is 15.6 Å². The summed E-state index contributed by atoms with van der Waals surface area (Å²) in [5, 5.41) is 5.19. The number of halogens is 3. The van der Waals surface area contributed by atoms with Crippen molar-refractivity contribution in [2.45, 2.75) is 26.7 Å². The first-order valence-corrected chi connectivity index (χ1v) is 8.85. The lowest BCUT2D eigenvalue weighted by molar-refractivity contribution is -0.120. The zero-order valence-corrected chi connectivity index (χ0v) is 16.2. The molecule has 0 bridgehead atoms. The number of carbonyl (C=O) groups is 1. The number of hydrogen-bond donors (Lipinski definition) is 2. The minimum Gasteiger partial charge on any atom is -0.296 e. The molecular formula is C16H15Cl3N6O. The monoisotopic (exact) mass is 412 g/mol. The Balaban J connectivity index is 1.65. The third-order valence-electron chi connectivity index (χ3n) is 3.92. The number of rotatable bonds is 5. The van der Waals surface area contributed by atoms with Gasteiger partial charge < -0.3 is 0 Å². The van der Waals surface area contributed by atoms with Crippen molar-refractivity contribution in [2.75, 3.05) is 5.43 Å². The topological polar surface area (TPSA) is 84.2 Å². The van der Waals surface area contributed by atoms with Crippen LogP contribution in [0, 0.1) is 13.8 Å². The number of nitrogens with one attached hydrogen (secondary N) is 2. The van der Waals surface area contributed by atoms with Gasteiger partial charge in [0.2, 0.25) is 5.91 Å². The molecule has 10 heteroatoms. The fourth-order valence-corrected chi connectivity index (χ4v) is 3.52. The second-order valence-electron chi connectivity index (χ2n) is 5.65. The SMILES string of the molecule is Cc1nc2ncnn2c(C)c1CCC(=O)NNc1c(Cl)cc(Cl)cc1Cl. The van der Waals surface area contributed by atoms with Crippen molar-refractivity contribution >= 4 is 52.2 Å². The van der Waals surface area contributed by atoms with E-state index < -0.39 is 0 Å². The number of benzene rings is 1. The molecule has 7 nitrogen and oxygen atoms in total. The highest BCUT2D eigenvalue weighted by atomic mass is 35.5. The largest absolute Gasteiger partial charge is 0.296 e.